The van der Waals surface area contributed by atoms with E-state index in [-0.39, 0.29) is 12.3 Å². The van der Waals surface area contributed by atoms with Gasteiger partial charge in [0.05, 0.1) is 18.7 Å². The second kappa shape index (κ2) is 8.14. The number of aliphatic hydroxyl groups is 1. The van der Waals surface area contributed by atoms with E-state index in [4.69, 9.17) is 9.47 Å². The molecule has 0 saturated heterocycles. The Labute approximate surface area is 171 Å². The van der Waals surface area contributed by atoms with Crippen molar-refractivity contribution in [3.63, 3.8) is 0 Å². The van der Waals surface area contributed by atoms with Crippen LogP contribution in [0.1, 0.15) is 42.9 Å². The van der Waals surface area contributed by atoms with Gasteiger partial charge in [-0.05, 0) is 49.7 Å². The van der Waals surface area contributed by atoms with Gasteiger partial charge in [0.1, 0.15) is 23.2 Å². The van der Waals surface area contributed by atoms with Gasteiger partial charge in [-0.2, -0.15) is 5.26 Å². The third-order valence-electron chi connectivity index (χ3n) is 5.40. The van der Waals surface area contributed by atoms with Crippen molar-refractivity contribution in [1.82, 2.24) is 4.90 Å². The minimum absolute atomic E-state index is 0.0871. The molecule has 0 bridgehead atoms. The first-order valence-corrected chi connectivity index (χ1v) is 9.53. The quantitative estimate of drug-likeness (QED) is 0.842. The van der Waals surface area contributed by atoms with Gasteiger partial charge in [0, 0.05) is 31.5 Å². The van der Waals surface area contributed by atoms with Crippen molar-refractivity contribution in [1.29, 1.82) is 5.26 Å². The van der Waals surface area contributed by atoms with E-state index in [0.29, 0.717) is 23.4 Å². The van der Waals surface area contributed by atoms with Gasteiger partial charge in [-0.25, -0.2) is 0 Å². The van der Waals surface area contributed by atoms with Crippen molar-refractivity contribution >= 4 is 5.91 Å². The largest absolute Gasteiger partial charge is 0.497 e. The van der Waals surface area contributed by atoms with Gasteiger partial charge in [-0.15, -0.1) is 0 Å². The van der Waals surface area contributed by atoms with Gasteiger partial charge in [0.25, 0.3) is 0 Å². The molecule has 1 aliphatic rings. The molecule has 6 heteroatoms. The number of hydrogen-bond acceptors (Lipinski definition) is 5. The number of methoxy groups -OCH3 is 1. The molecule has 1 amide bonds. The van der Waals surface area contributed by atoms with Crippen LogP contribution in [0.3, 0.4) is 0 Å². The number of aliphatic hydroxyl groups excluding tert-OH is 1. The highest BCUT2D eigenvalue weighted by Crippen LogP contribution is 2.43. The normalized spacial score (nSPS) is 19.4. The van der Waals surface area contributed by atoms with Crippen molar-refractivity contribution in [3.8, 4) is 17.6 Å². The second-order valence-electron chi connectivity index (χ2n) is 7.92. The number of rotatable bonds is 5. The third kappa shape index (κ3) is 4.36. The molecule has 29 heavy (non-hydrogen) atoms. The van der Waals surface area contributed by atoms with Gasteiger partial charge in [0.2, 0.25) is 5.91 Å². The standard InChI is InChI=1S/C23H26N2O4/c1-23(2)22(27)19(18-11-16(13-24)7-10-20(18)29-23)12-21(26)25(3)14-15-5-8-17(28-4)9-6-15/h5-11,19,22,27H,12,14H2,1-4H3. The fourth-order valence-corrected chi connectivity index (χ4v) is 3.66. The lowest BCUT2D eigenvalue weighted by Gasteiger charge is -2.42. The molecule has 0 fully saturated rings. The Morgan fingerprint density at radius 2 is 1.97 bits per heavy atom. The monoisotopic (exact) mass is 394 g/mol. The zero-order valence-electron chi connectivity index (χ0n) is 17.2. The highest BCUT2D eigenvalue weighted by molar-refractivity contribution is 5.77. The van der Waals surface area contributed by atoms with Crippen LogP contribution in [0.15, 0.2) is 42.5 Å². The van der Waals surface area contributed by atoms with E-state index in [1.165, 1.54) is 0 Å². The van der Waals surface area contributed by atoms with Crippen molar-refractivity contribution < 1.29 is 19.4 Å². The van der Waals surface area contributed by atoms with Crippen molar-refractivity contribution in [2.24, 2.45) is 0 Å². The molecule has 1 aliphatic heterocycles. The van der Waals surface area contributed by atoms with Crippen LogP contribution in [-0.2, 0) is 11.3 Å². The van der Waals surface area contributed by atoms with E-state index in [9.17, 15) is 15.2 Å². The molecule has 1 heterocycles. The van der Waals surface area contributed by atoms with Crippen LogP contribution in [0.25, 0.3) is 0 Å². The molecule has 0 aromatic heterocycles. The predicted molar refractivity (Wildman–Crippen MR) is 109 cm³/mol. The average Bonchev–Trinajstić information content (AvgIpc) is 2.71. The highest BCUT2D eigenvalue weighted by Gasteiger charge is 2.43. The Morgan fingerprint density at radius 1 is 1.28 bits per heavy atom. The lowest BCUT2D eigenvalue weighted by atomic mass is 9.79. The molecule has 0 radical (unpaired) electrons. The molecule has 3 rings (SSSR count). The van der Waals surface area contributed by atoms with E-state index in [2.05, 4.69) is 6.07 Å². The molecule has 0 spiro atoms. The van der Waals surface area contributed by atoms with E-state index in [0.717, 1.165) is 11.3 Å². The minimum Gasteiger partial charge on any atom is -0.497 e. The molecule has 152 valence electrons. The first-order valence-electron chi connectivity index (χ1n) is 9.53. The Kier molecular flexibility index (Phi) is 5.81. The smallest absolute Gasteiger partial charge is 0.223 e. The Morgan fingerprint density at radius 3 is 2.59 bits per heavy atom. The first kappa shape index (κ1) is 20.7. The molecule has 2 aromatic rings. The summed E-state index contributed by atoms with van der Waals surface area (Å²) in [7, 11) is 3.36. The van der Waals surface area contributed by atoms with Crippen molar-refractivity contribution in [2.75, 3.05) is 14.2 Å². The van der Waals surface area contributed by atoms with Crippen LogP contribution in [0.4, 0.5) is 0 Å². The second-order valence-corrected chi connectivity index (χ2v) is 7.92. The maximum absolute atomic E-state index is 12.9. The lowest BCUT2D eigenvalue weighted by Crippen LogP contribution is -2.49. The molecule has 2 aromatic carbocycles. The van der Waals surface area contributed by atoms with E-state index >= 15 is 0 Å². The molecule has 6 nitrogen and oxygen atoms in total. The third-order valence-corrected chi connectivity index (χ3v) is 5.40. The Bertz CT molecular complexity index is 931. The molecular formula is C23H26N2O4. The lowest BCUT2D eigenvalue weighted by molar-refractivity contribution is -0.133. The zero-order valence-corrected chi connectivity index (χ0v) is 17.2. The highest BCUT2D eigenvalue weighted by atomic mass is 16.5. The number of nitrogens with zero attached hydrogens (tertiary/aromatic N) is 2. The number of benzene rings is 2. The Hall–Kier alpha value is -3.04. The molecule has 2 atom stereocenters. The number of nitriles is 1. The van der Waals surface area contributed by atoms with Crippen LogP contribution in [0.2, 0.25) is 0 Å². The van der Waals surface area contributed by atoms with Crippen molar-refractivity contribution in [3.05, 3.63) is 59.2 Å². The number of ether oxygens (including phenoxy) is 2. The summed E-state index contributed by atoms with van der Waals surface area (Å²) in [5.74, 6) is 0.832. The summed E-state index contributed by atoms with van der Waals surface area (Å²) in [6, 6.07) is 14.8. The molecular weight excluding hydrogens is 368 g/mol. The number of fused-ring (bicyclic) bond motifs is 1. The van der Waals surface area contributed by atoms with Gasteiger partial charge in [-0.3, -0.25) is 4.79 Å². The summed E-state index contributed by atoms with van der Waals surface area (Å²) in [5.41, 5.74) is 1.33. The summed E-state index contributed by atoms with van der Waals surface area (Å²) < 4.78 is 11.1. The Balaban J connectivity index is 1.80. The molecule has 2 unspecified atom stereocenters. The zero-order chi connectivity index (χ0) is 21.2. The number of carbonyl (C=O) groups is 1. The number of amides is 1. The van der Waals surface area contributed by atoms with Crippen LogP contribution in [-0.4, -0.2) is 41.8 Å². The van der Waals surface area contributed by atoms with Gasteiger partial charge < -0.3 is 19.5 Å². The summed E-state index contributed by atoms with van der Waals surface area (Å²) in [6.07, 6.45) is -0.745. The SMILES string of the molecule is COc1ccc(CN(C)C(=O)CC2c3cc(C#N)ccc3OC(C)(C)C2O)cc1. The van der Waals surface area contributed by atoms with E-state index < -0.39 is 17.6 Å². The summed E-state index contributed by atoms with van der Waals surface area (Å²) >= 11 is 0. The minimum atomic E-state index is -0.873. The van der Waals surface area contributed by atoms with Crippen LogP contribution in [0, 0.1) is 11.3 Å². The molecule has 0 saturated carbocycles. The van der Waals surface area contributed by atoms with Crippen LogP contribution < -0.4 is 9.47 Å². The predicted octanol–water partition coefficient (Wildman–Crippen LogP) is 3.23. The molecule has 1 N–H and O–H groups in total. The first-order chi connectivity index (χ1) is 13.7. The van der Waals surface area contributed by atoms with Gasteiger partial charge in [0.15, 0.2) is 0 Å². The van der Waals surface area contributed by atoms with Crippen molar-refractivity contribution in [2.45, 2.75) is 44.4 Å². The maximum Gasteiger partial charge on any atom is 0.223 e. The van der Waals surface area contributed by atoms with Crippen LogP contribution in [0.5, 0.6) is 11.5 Å². The van der Waals surface area contributed by atoms with Gasteiger partial charge in [-0.1, -0.05) is 12.1 Å². The topological polar surface area (TPSA) is 82.8 Å². The summed E-state index contributed by atoms with van der Waals surface area (Å²) in [6.45, 7) is 4.06. The molecule has 0 aliphatic carbocycles. The maximum atomic E-state index is 12.9. The van der Waals surface area contributed by atoms with E-state index in [1.807, 2.05) is 24.3 Å². The van der Waals surface area contributed by atoms with E-state index in [1.54, 1.807) is 51.1 Å². The number of carbonyl (C=O) groups excluding carboxylic acids is 1. The van der Waals surface area contributed by atoms with Crippen LogP contribution >= 0.6 is 0 Å². The summed E-state index contributed by atoms with van der Waals surface area (Å²) in [4.78, 5) is 14.6. The fraction of sp³-hybridized carbons (Fsp3) is 0.391. The number of hydrogen-bond donors (Lipinski definition) is 1. The summed E-state index contributed by atoms with van der Waals surface area (Å²) in [5, 5.41) is 20.1. The average molecular weight is 394 g/mol. The fourth-order valence-electron chi connectivity index (χ4n) is 3.66. The van der Waals surface area contributed by atoms with Gasteiger partial charge >= 0.3 is 0 Å².